The Kier molecular flexibility index (Phi) is 8.18. The van der Waals surface area contributed by atoms with Gasteiger partial charge in [-0.15, -0.1) is 0 Å². The van der Waals surface area contributed by atoms with Crippen LogP contribution < -0.4 is 9.46 Å². The Bertz CT molecular complexity index is 1260. The van der Waals surface area contributed by atoms with Crippen molar-refractivity contribution in [3.8, 4) is 5.75 Å². The zero-order chi connectivity index (χ0) is 24.8. The smallest absolute Gasteiger partial charge is 0.261 e. The highest BCUT2D eigenvalue weighted by Gasteiger charge is 2.22. The van der Waals surface area contributed by atoms with E-state index in [0.29, 0.717) is 23.8 Å². The summed E-state index contributed by atoms with van der Waals surface area (Å²) >= 11 is 12.1. The van der Waals surface area contributed by atoms with E-state index in [1.165, 1.54) is 23.8 Å². The lowest BCUT2D eigenvalue weighted by Gasteiger charge is -2.34. The number of hydrogen-bond donors (Lipinski definition) is 1. The minimum atomic E-state index is -3.85. The van der Waals surface area contributed by atoms with Crippen LogP contribution in [0.25, 0.3) is 0 Å². The molecule has 0 bridgehead atoms. The van der Waals surface area contributed by atoms with Crippen molar-refractivity contribution in [2.75, 3.05) is 37.5 Å². The molecular weight excluding hydrogens is 509 g/mol. The molecule has 0 aromatic heterocycles. The first-order chi connectivity index (χ1) is 16.8. The molecule has 1 N–H and O–H groups in total. The molecule has 1 fully saturated rings. The van der Waals surface area contributed by atoms with Gasteiger partial charge in [0.05, 0.1) is 9.92 Å². The number of halogens is 2. The number of anilines is 1. The third-order valence-electron chi connectivity index (χ3n) is 5.64. The van der Waals surface area contributed by atoms with E-state index in [0.717, 1.165) is 19.6 Å². The monoisotopic (exact) mass is 533 g/mol. The number of hydrogen-bond acceptors (Lipinski definition) is 5. The molecular formula is C25H25Cl2N3O4S. The van der Waals surface area contributed by atoms with Crippen LogP contribution in [0.1, 0.15) is 5.56 Å². The number of ether oxygens (including phenoxy) is 1. The standard InChI is InChI=1S/C25H25Cl2N3O4S/c26-20-6-8-21(9-7-20)28-35(32,33)22-10-11-24(23(27)16-22)34-18-25(31)30-14-12-29(13-15-30)17-19-4-2-1-3-5-19/h1-11,16,28H,12-15,17-18H2. The predicted molar refractivity (Wildman–Crippen MR) is 138 cm³/mol. The second-order valence-electron chi connectivity index (χ2n) is 8.14. The Morgan fingerprint density at radius 2 is 1.60 bits per heavy atom. The fraction of sp³-hybridized carbons (Fsp3) is 0.240. The van der Waals surface area contributed by atoms with Crippen LogP contribution in [-0.2, 0) is 21.4 Å². The summed E-state index contributed by atoms with van der Waals surface area (Å²) in [5.74, 6) is 0.106. The summed E-state index contributed by atoms with van der Waals surface area (Å²) in [6, 6.07) is 20.7. The van der Waals surface area contributed by atoms with Gasteiger partial charge in [-0.2, -0.15) is 0 Å². The van der Waals surface area contributed by atoms with Crippen molar-refractivity contribution in [2.45, 2.75) is 11.4 Å². The molecule has 3 aromatic rings. The minimum Gasteiger partial charge on any atom is -0.482 e. The van der Waals surface area contributed by atoms with Crippen molar-refractivity contribution in [2.24, 2.45) is 0 Å². The van der Waals surface area contributed by atoms with E-state index in [2.05, 4.69) is 21.8 Å². The second kappa shape index (κ2) is 11.3. The van der Waals surface area contributed by atoms with Crippen molar-refractivity contribution in [3.63, 3.8) is 0 Å². The van der Waals surface area contributed by atoms with Crippen molar-refractivity contribution in [3.05, 3.63) is 88.4 Å². The third-order valence-corrected chi connectivity index (χ3v) is 7.56. The summed E-state index contributed by atoms with van der Waals surface area (Å²) in [7, 11) is -3.85. The molecule has 1 amide bonds. The zero-order valence-corrected chi connectivity index (χ0v) is 21.2. The number of piperazine rings is 1. The molecule has 10 heteroatoms. The highest BCUT2D eigenvalue weighted by Crippen LogP contribution is 2.28. The van der Waals surface area contributed by atoms with Crippen molar-refractivity contribution >= 4 is 44.8 Å². The molecule has 0 saturated carbocycles. The number of sulfonamides is 1. The van der Waals surface area contributed by atoms with Crippen molar-refractivity contribution in [1.29, 1.82) is 0 Å². The van der Waals surface area contributed by atoms with Gasteiger partial charge in [0.2, 0.25) is 0 Å². The molecule has 1 aliphatic heterocycles. The van der Waals surface area contributed by atoms with Gasteiger partial charge < -0.3 is 9.64 Å². The zero-order valence-electron chi connectivity index (χ0n) is 18.9. The first-order valence-corrected chi connectivity index (χ1v) is 13.3. The van der Waals surface area contributed by atoms with E-state index >= 15 is 0 Å². The van der Waals surface area contributed by atoms with E-state index < -0.39 is 10.0 Å². The van der Waals surface area contributed by atoms with E-state index in [1.807, 2.05) is 18.2 Å². The normalized spacial score (nSPS) is 14.5. The summed E-state index contributed by atoms with van der Waals surface area (Å²) in [6.45, 7) is 3.50. The maximum absolute atomic E-state index is 12.7. The van der Waals surface area contributed by atoms with Gasteiger partial charge in [0.1, 0.15) is 5.75 Å². The minimum absolute atomic E-state index is 0.0225. The summed E-state index contributed by atoms with van der Waals surface area (Å²) in [5.41, 5.74) is 1.62. The van der Waals surface area contributed by atoms with Gasteiger partial charge >= 0.3 is 0 Å². The highest BCUT2D eigenvalue weighted by molar-refractivity contribution is 7.92. The summed E-state index contributed by atoms with van der Waals surface area (Å²) in [4.78, 5) is 16.7. The van der Waals surface area contributed by atoms with Crippen LogP contribution >= 0.6 is 23.2 Å². The van der Waals surface area contributed by atoms with Gasteiger partial charge in [0.15, 0.2) is 6.61 Å². The number of nitrogens with one attached hydrogen (secondary N) is 1. The molecule has 3 aromatic carbocycles. The van der Waals surface area contributed by atoms with Gasteiger partial charge in [-0.1, -0.05) is 53.5 Å². The molecule has 1 saturated heterocycles. The lowest BCUT2D eigenvalue weighted by molar-refractivity contribution is -0.135. The summed E-state index contributed by atoms with van der Waals surface area (Å²) in [6.07, 6.45) is 0. The fourth-order valence-electron chi connectivity index (χ4n) is 3.73. The Morgan fingerprint density at radius 1 is 0.914 bits per heavy atom. The van der Waals surface area contributed by atoms with Crippen molar-refractivity contribution < 1.29 is 17.9 Å². The SMILES string of the molecule is O=C(COc1ccc(S(=O)(=O)Nc2ccc(Cl)cc2)cc1Cl)N1CCN(Cc2ccccc2)CC1. The predicted octanol–water partition coefficient (Wildman–Crippen LogP) is 4.52. The van der Waals surface area contributed by atoms with Gasteiger partial charge in [-0.05, 0) is 48.0 Å². The lowest BCUT2D eigenvalue weighted by Crippen LogP contribution is -2.49. The van der Waals surface area contributed by atoms with Crippen LogP contribution in [0.5, 0.6) is 5.75 Å². The lowest BCUT2D eigenvalue weighted by atomic mass is 10.2. The quantitative estimate of drug-likeness (QED) is 0.460. The molecule has 0 atom stereocenters. The van der Waals surface area contributed by atoms with Gasteiger partial charge in [-0.3, -0.25) is 14.4 Å². The van der Waals surface area contributed by atoms with Gasteiger partial charge in [0.25, 0.3) is 15.9 Å². The summed E-state index contributed by atoms with van der Waals surface area (Å²) < 4.78 is 33.4. The maximum Gasteiger partial charge on any atom is 0.261 e. The molecule has 4 rings (SSSR count). The molecule has 1 aliphatic rings. The number of benzene rings is 3. The van der Waals surface area contributed by atoms with Crippen LogP contribution in [-0.4, -0.2) is 56.9 Å². The van der Waals surface area contributed by atoms with E-state index in [-0.39, 0.29) is 28.2 Å². The van der Waals surface area contributed by atoms with Gasteiger partial charge in [-0.25, -0.2) is 8.42 Å². The average Bonchev–Trinajstić information content (AvgIpc) is 2.85. The summed E-state index contributed by atoms with van der Waals surface area (Å²) in [5, 5.41) is 0.602. The van der Waals surface area contributed by atoms with Crippen molar-refractivity contribution in [1.82, 2.24) is 9.80 Å². The third kappa shape index (κ3) is 6.89. The molecule has 0 unspecified atom stereocenters. The molecule has 0 radical (unpaired) electrons. The first kappa shape index (κ1) is 25.3. The number of amides is 1. The van der Waals surface area contributed by atoms with Crippen LogP contribution in [0.3, 0.4) is 0 Å². The molecule has 0 aliphatic carbocycles. The Hall–Kier alpha value is -2.78. The van der Waals surface area contributed by atoms with Crippen LogP contribution in [0, 0.1) is 0 Å². The molecule has 35 heavy (non-hydrogen) atoms. The number of rotatable bonds is 8. The largest absolute Gasteiger partial charge is 0.482 e. The van der Waals surface area contributed by atoms with E-state index in [1.54, 1.807) is 29.2 Å². The topological polar surface area (TPSA) is 78.9 Å². The number of nitrogens with zero attached hydrogens (tertiary/aromatic N) is 2. The van der Waals surface area contributed by atoms with Crippen LogP contribution in [0.15, 0.2) is 77.7 Å². The second-order valence-corrected chi connectivity index (χ2v) is 10.7. The maximum atomic E-state index is 12.7. The van der Waals surface area contributed by atoms with E-state index in [9.17, 15) is 13.2 Å². The Balaban J connectivity index is 1.29. The number of carbonyl (C=O) groups is 1. The molecule has 184 valence electrons. The Labute approximate surface area is 215 Å². The first-order valence-electron chi connectivity index (χ1n) is 11.0. The average molecular weight is 534 g/mol. The molecule has 0 spiro atoms. The molecule has 1 heterocycles. The number of carbonyl (C=O) groups excluding carboxylic acids is 1. The fourth-order valence-corrected chi connectivity index (χ4v) is 5.24. The highest BCUT2D eigenvalue weighted by atomic mass is 35.5. The van der Waals surface area contributed by atoms with Crippen LogP contribution in [0.4, 0.5) is 5.69 Å². The van der Waals surface area contributed by atoms with E-state index in [4.69, 9.17) is 27.9 Å². The Morgan fingerprint density at radius 3 is 2.26 bits per heavy atom. The van der Waals surface area contributed by atoms with Crippen LogP contribution in [0.2, 0.25) is 10.0 Å². The molecule has 7 nitrogen and oxygen atoms in total. The van der Waals surface area contributed by atoms with Gasteiger partial charge in [0, 0.05) is 43.4 Å².